The van der Waals surface area contributed by atoms with E-state index in [2.05, 4.69) is 6.92 Å². The summed E-state index contributed by atoms with van der Waals surface area (Å²) in [6.45, 7) is 2.33. The van der Waals surface area contributed by atoms with Crippen LogP contribution in [-0.4, -0.2) is 6.10 Å². The zero-order valence-electron chi connectivity index (χ0n) is 8.78. The minimum atomic E-state index is 0.452. The summed E-state index contributed by atoms with van der Waals surface area (Å²) in [5, 5.41) is 0. The predicted octanol–water partition coefficient (Wildman–Crippen LogP) is 3.64. The van der Waals surface area contributed by atoms with Gasteiger partial charge in [-0.3, -0.25) is 0 Å². The van der Waals surface area contributed by atoms with Crippen LogP contribution in [0, 0.1) is 5.92 Å². The highest BCUT2D eigenvalue weighted by Gasteiger charge is 2.19. The minimum Gasteiger partial charge on any atom is -0.490 e. The van der Waals surface area contributed by atoms with E-state index in [4.69, 9.17) is 4.74 Å². The molecular formula is C13H18O. The molecule has 0 spiro atoms. The van der Waals surface area contributed by atoms with Crippen LogP contribution < -0.4 is 4.74 Å². The molecule has 0 unspecified atom stereocenters. The first-order valence-electron chi connectivity index (χ1n) is 5.56. The first-order valence-corrected chi connectivity index (χ1v) is 5.56. The predicted molar refractivity (Wildman–Crippen MR) is 58.5 cm³/mol. The van der Waals surface area contributed by atoms with Gasteiger partial charge in [-0.05, 0) is 43.7 Å². The number of hydrogen-bond acceptors (Lipinski definition) is 1. The lowest BCUT2D eigenvalue weighted by atomic mass is 9.89. The van der Waals surface area contributed by atoms with Crippen LogP contribution >= 0.6 is 0 Å². The highest BCUT2D eigenvalue weighted by molar-refractivity contribution is 5.21. The van der Waals surface area contributed by atoms with Gasteiger partial charge in [0.25, 0.3) is 0 Å². The van der Waals surface area contributed by atoms with Crippen LogP contribution in [0.4, 0.5) is 0 Å². The van der Waals surface area contributed by atoms with Crippen molar-refractivity contribution in [1.29, 1.82) is 0 Å². The fraction of sp³-hybridized carbons (Fsp3) is 0.538. The van der Waals surface area contributed by atoms with E-state index in [1.165, 1.54) is 25.7 Å². The Balaban J connectivity index is 1.87. The van der Waals surface area contributed by atoms with Crippen LogP contribution in [0.1, 0.15) is 32.6 Å². The van der Waals surface area contributed by atoms with E-state index in [1.807, 2.05) is 30.3 Å². The molecule has 0 amide bonds. The summed E-state index contributed by atoms with van der Waals surface area (Å²) in [6, 6.07) is 10.2. The zero-order valence-corrected chi connectivity index (χ0v) is 8.78. The van der Waals surface area contributed by atoms with Crippen molar-refractivity contribution in [3.63, 3.8) is 0 Å². The van der Waals surface area contributed by atoms with Crippen LogP contribution in [0.2, 0.25) is 0 Å². The first kappa shape index (κ1) is 9.57. The quantitative estimate of drug-likeness (QED) is 0.691. The molecule has 14 heavy (non-hydrogen) atoms. The zero-order chi connectivity index (χ0) is 9.80. The van der Waals surface area contributed by atoms with Crippen molar-refractivity contribution in [1.82, 2.24) is 0 Å². The molecule has 1 heteroatoms. The Labute approximate surface area is 86.1 Å². The molecule has 0 N–H and O–H groups in total. The molecule has 2 rings (SSSR count). The van der Waals surface area contributed by atoms with Crippen LogP contribution in [0.25, 0.3) is 0 Å². The van der Waals surface area contributed by atoms with E-state index in [9.17, 15) is 0 Å². The monoisotopic (exact) mass is 190 g/mol. The summed E-state index contributed by atoms with van der Waals surface area (Å²) >= 11 is 0. The van der Waals surface area contributed by atoms with Gasteiger partial charge >= 0.3 is 0 Å². The SMILES string of the molecule is CC1CCC(Oc2ccccc2)CC1. The Morgan fingerprint density at radius 3 is 2.29 bits per heavy atom. The maximum atomic E-state index is 5.90. The largest absolute Gasteiger partial charge is 0.490 e. The second kappa shape index (κ2) is 4.50. The number of rotatable bonds is 2. The van der Waals surface area contributed by atoms with Crippen molar-refractivity contribution < 1.29 is 4.74 Å². The van der Waals surface area contributed by atoms with Crippen LogP contribution in [0.3, 0.4) is 0 Å². The number of para-hydroxylation sites is 1. The topological polar surface area (TPSA) is 9.23 Å². The Kier molecular flexibility index (Phi) is 3.07. The number of hydrogen-bond donors (Lipinski definition) is 0. The second-order valence-electron chi connectivity index (χ2n) is 4.31. The molecule has 0 heterocycles. The van der Waals surface area contributed by atoms with Crippen molar-refractivity contribution in [2.75, 3.05) is 0 Å². The molecule has 1 aromatic rings. The van der Waals surface area contributed by atoms with Crippen molar-refractivity contribution in [2.45, 2.75) is 38.7 Å². The van der Waals surface area contributed by atoms with E-state index in [0.29, 0.717) is 6.10 Å². The lowest BCUT2D eigenvalue weighted by Crippen LogP contribution is -2.22. The Bertz CT molecular complexity index is 260. The normalized spacial score (nSPS) is 27.2. The third-order valence-electron chi connectivity index (χ3n) is 3.01. The van der Waals surface area contributed by atoms with Crippen molar-refractivity contribution >= 4 is 0 Å². The van der Waals surface area contributed by atoms with Gasteiger partial charge in [0.05, 0.1) is 6.10 Å². The summed E-state index contributed by atoms with van der Waals surface area (Å²) in [6.07, 6.45) is 5.52. The molecule has 1 fully saturated rings. The molecule has 76 valence electrons. The fourth-order valence-corrected chi connectivity index (χ4v) is 2.04. The van der Waals surface area contributed by atoms with Gasteiger partial charge in [-0.25, -0.2) is 0 Å². The summed E-state index contributed by atoms with van der Waals surface area (Å²) in [7, 11) is 0. The molecule has 1 nitrogen and oxygen atoms in total. The van der Waals surface area contributed by atoms with Gasteiger partial charge in [0.1, 0.15) is 5.75 Å². The molecule has 0 saturated heterocycles. The molecule has 0 aromatic heterocycles. The molecule has 0 aliphatic heterocycles. The van der Waals surface area contributed by atoms with Crippen molar-refractivity contribution in [3.05, 3.63) is 30.3 Å². The fourth-order valence-electron chi connectivity index (χ4n) is 2.04. The van der Waals surface area contributed by atoms with Gasteiger partial charge in [0.2, 0.25) is 0 Å². The van der Waals surface area contributed by atoms with Gasteiger partial charge in [0, 0.05) is 0 Å². The lowest BCUT2D eigenvalue weighted by Gasteiger charge is -2.26. The van der Waals surface area contributed by atoms with E-state index < -0.39 is 0 Å². The van der Waals surface area contributed by atoms with Crippen LogP contribution in [0.5, 0.6) is 5.75 Å². The van der Waals surface area contributed by atoms with Gasteiger partial charge in [-0.2, -0.15) is 0 Å². The Morgan fingerprint density at radius 2 is 1.64 bits per heavy atom. The average molecular weight is 190 g/mol. The molecule has 0 atom stereocenters. The average Bonchev–Trinajstić information content (AvgIpc) is 2.23. The summed E-state index contributed by atoms with van der Waals surface area (Å²) < 4.78 is 5.90. The Morgan fingerprint density at radius 1 is 1.00 bits per heavy atom. The molecule has 1 aliphatic carbocycles. The van der Waals surface area contributed by atoms with Crippen LogP contribution in [0.15, 0.2) is 30.3 Å². The van der Waals surface area contributed by atoms with E-state index in [1.54, 1.807) is 0 Å². The maximum absolute atomic E-state index is 5.90. The molecule has 1 saturated carbocycles. The maximum Gasteiger partial charge on any atom is 0.119 e. The molecular weight excluding hydrogens is 172 g/mol. The molecule has 0 radical (unpaired) electrons. The van der Waals surface area contributed by atoms with Crippen molar-refractivity contribution in [2.24, 2.45) is 5.92 Å². The third kappa shape index (κ3) is 2.50. The number of benzene rings is 1. The first-order chi connectivity index (χ1) is 6.84. The summed E-state index contributed by atoms with van der Waals surface area (Å²) in [4.78, 5) is 0. The lowest BCUT2D eigenvalue weighted by molar-refractivity contribution is 0.135. The van der Waals surface area contributed by atoms with Crippen LogP contribution in [-0.2, 0) is 0 Å². The summed E-state index contributed by atoms with van der Waals surface area (Å²) in [5.41, 5.74) is 0. The smallest absolute Gasteiger partial charge is 0.119 e. The molecule has 1 aromatic carbocycles. The highest BCUT2D eigenvalue weighted by atomic mass is 16.5. The molecule has 1 aliphatic rings. The standard InChI is InChI=1S/C13H18O/c1-11-7-9-13(10-8-11)14-12-5-3-2-4-6-12/h2-6,11,13H,7-10H2,1H3. The van der Waals surface area contributed by atoms with Gasteiger partial charge in [0.15, 0.2) is 0 Å². The Hall–Kier alpha value is -0.980. The number of ether oxygens (including phenoxy) is 1. The third-order valence-corrected chi connectivity index (χ3v) is 3.01. The second-order valence-corrected chi connectivity index (χ2v) is 4.31. The van der Waals surface area contributed by atoms with Gasteiger partial charge in [-0.1, -0.05) is 25.1 Å². The highest BCUT2D eigenvalue weighted by Crippen LogP contribution is 2.26. The van der Waals surface area contributed by atoms with Gasteiger partial charge in [-0.15, -0.1) is 0 Å². The van der Waals surface area contributed by atoms with E-state index in [0.717, 1.165) is 11.7 Å². The summed E-state index contributed by atoms with van der Waals surface area (Å²) in [5.74, 6) is 1.91. The van der Waals surface area contributed by atoms with E-state index in [-0.39, 0.29) is 0 Å². The van der Waals surface area contributed by atoms with E-state index >= 15 is 0 Å². The van der Waals surface area contributed by atoms with Gasteiger partial charge < -0.3 is 4.74 Å². The van der Waals surface area contributed by atoms with Crippen molar-refractivity contribution in [3.8, 4) is 5.75 Å². The molecule has 0 bridgehead atoms. The minimum absolute atomic E-state index is 0.452.